The van der Waals surface area contributed by atoms with E-state index in [0.717, 1.165) is 5.69 Å². The van der Waals surface area contributed by atoms with Crippen molar-refractivity contribution in [2.45, 2.75) is 26.5 Å². The number of benzene rings is 2. The van der Waals surface area contributed by atoms with E-state index < -0.39 is 6.10 Å². The van der Waals surface area contributed by atoms with Crippen molar-refractivity contribution in [3.63, 3.8) is 0 Å². The molecule has 0 bridgehead atoms. The van der Waals surface area contributed by atoms with Crippen molar-refractivity contribution in [1.29, 1.82) is 0 Å². The van der Waals surface area contributed by atoms with Crippen LogP contribution in [-0.2, 0) is 6.54 Å². The lowest BCUT2D eigenvalue weighted by Crippen LogP contribution is -2.25. The third kappa shape index (κ3) is 2.85. The van der Waals surface area contributed by atoms with Gasteiger partial charge in [0.1, 0.15) is 0 Å². The Bertz CT molecular complexity index is 762. The molecule has 3 nitrogen and oxygen atoms in total. The van der Waals surface area contributed by atoms with Crippen molar-refractivity contribution in [1.82, 2.24) is 4.57 Å². The van der Waals surface area contributed by atoms with Crippen molar-refractivity contribution >= 4 is 16.6 Å². The van der Waals surface area contributed by atoms with Crippen LogP contribution in [0.5, 0.6) is 0 Å². The number of aliphatic hydroxyl groups is 1. The standard InChI is InChI=1S/C19H22N2O/c1-14-15(2)21(19-11-7-6-10-18(14)19)13-17(22)12-20-16-8-4-3-5-9-16/h3-11,17,20,22H,12-13H2,1-2H3/t17-/m1/s1. The SMILES string of the molecule is Cc1c(C)n(C[C@H](O)CNc2ccccc2)c2ccccc12. The highest BCUT2D eigenvalue weighted by atomic mass is 16.3. The van der Waals surface area contributed by atoms with Gasteiger partial charge in [0, 0.05) is 28.8 Å². The Morgan fingerprint density at radius 1 is 1.00 bits per heavy atom. The summed E-state index contributed by atoms with van der Waals surface area (Å²) >= 11 is 0. The molecule has 0 spiro atoms. The van der Waals surface area contributed by atoms with Gasteiger partial charge in [-0.15, -0.1) is 0 Å². The summed E-state index contributed by atoms with van der Waals surface area (Å²) in [6, 6.07) is 18.3. The molecule has 0 aliphatic carbocycles. The average molecular weight is 294 g/mol. The predicted molar refractivity (Wildman–Crippen MR) is 92.4 cm³/mol. The van der Waals surface area contributed by atoms with E-state index in [1.54, 1.807) is 0 Å². The van der Waals surface area contributed by atoms with Crippen molar-refractivity contribution in [3.8, 4) is 0 Å². The summed E-state index contributed by atoms with van der Waals surface area (Å²) in [6.45, 7) is 5.39. The number of nitrogens with zero attached hydrogens (tertiary/aromatic N) is 1. The van der Waals surface area contributed by atoms with E-state index in [0.29, 0.717) is 13.1 Å². The highest BCUT2D eigenvalue weighted by molar-refractivity contribution is 5.85. The highest BCUT2D eigenvalue weighted by Gasteiger charge is 2.13. The Labute approximate surface area is 131 Å². The van der Waals surface area contributed by atoms with E-state index in [2.05, 4.69) is 41.9 Å². The van der Waals surface area contributed by atoms with Crippen molar-refractivity contribution < 1.29 is 5.11 Å². The molecule has 0 unspecified atom stereocenters. The van der Waals surface area contributed by atoms with Crippen molar-refractivity contribution in [3.05, 3.63) is 65.9 Å². The summed E-state index contributed by atoms with van der Waals surface area (Å²) in [4.78, 5) is 0. The Hall–Kier alpha value is -2.26. The molecular formula is C19H22N2O. The van der Waals surface area contributed by atoms with Crippen LogP contribution < -0.4 is 5.32 Å². The molecule has 0 aliphatic heterocycles. The number of para-hydroxylation sites is 2. The second kappa shape index (κ2) is 6.24. The van der Waals surface area contributed by atoms with Gasteiger partial charge in [0.2, 0.25) is 0 Å². The molecular weight excluding hydrogens is 272 g/mol. The number of rotatable bonds is 5. The van der Waals surface area contributed by atoms with E-state index in [4.69, 9.17) is 0 Å². The maximum atomic E-state index is 10.4. The first kappa shape index (κ1) is 14.7. The van der Waals surface area contributed by atoms with Gasteiger partial charge in [0.05, 0.1) is 12.6 Å². The highest BCUT2D eigenvalue weighted by Crippen LogP contribution is 2.25. The van der Waals surface area contributed by atoms with Crippen LogP contribution >= 0.6 is 0 Å². The molecule has 3 aromatic rings. The molecule has 0 amide bonds. The molecule has 3 rings (SSSR count). The molecule has 2 N–H and O–H groups in total. The normalized spacial score (nSPS) is 12.5. The van der Waals surface area contributed by atoms with Crippen LogP contribution in [-0.4, -0.2) is 22.3 Å². The van der Waals surface area contributed by atoms with Crippen LogP contribution in [0, 0.1) is 13.8 Å². The molecule has 0 radical (unpaired) electrons. The zero-order valence-corrected chi connectivity index (χ0v) is 13.1. The number of aryl methyl sites for hydroxylation is 1. The van der Waals surface area contributed by atoms with Gasteiger partial charge >= 0.3 is 0 Å². The van der Waals surface area contributed by atoms with Crippen LogP contribution in [0.1, 0.15) is 11.3 Å². The minimum atomic E-state index is -0.436. The largest absolute Gasteiger partial charge is 0.389 e. The first-order valence-corrected chi connectivity index (χ1v) is 7.68. The predicted octanol–water partition coefficient (Wildman–Crippen LogP) is 3.73. The van der Waals surface area contributed by atoms with E-state index >= 15 is 0 Å². The number of hydrogen-bond donors (Lipinski definition) is 2. The minimum Gasteiger partial charge on any atom is -0.389 e. The van der Waals surface area contributed by atoms with Gasteiger partial charge in [-0.2, -0.15) is 0 Å². The summed E-state index contributed by atoms with van der Waals surface area (Å²) in [5.41, 5.74) is 4.74. The molecule has 3 heteroatoms. The summed E-state index contributed by atoms with van der Waals surface area (Å²) in [5.74, 6) is 0. The fourth-order valence-corrected chi connectivity index (χ4v) is 2.91. The molecule has 0 aliphatic rings. The molecule has 22 heavy (non-hydrogen) atoms. The summed E-state index contributed by atoms with van der Waals surface area (Å²) < 4.78 is 2.21. The van der Waals surface area contributed by atoms with E-state index in [9.17, 15) is 5.11 Å². The van der Waals surface area contributed by atoms with Gasteiger partial charge in [-0.05, 0) is 37.6 Å². The Morgan fingerprint density at radius 2 is 1.68 bits per heavy atom. The van der Waals surface area contributed by atoms with Crippen LogP contribution in [0.2, 0.25) is 0 Å². The Kier molecular flexibility index (Phi) is 4.16. The zero-order valence-electron chi connectivity index (χ0n) is 13.1. The van der Waals surface area contributed by atoms with Crippen LogP contribution in [0.3, 0.4) is 0 Å². The first-order valence-electron chi connectivity index (χ1n) is 7.68. The third-order valence-corrected chi connectivity index (χ3v) is 4.26. The third-order valence-electron chi connectivity index (χ3n) is 4.26. The monoisotopic (exact) mass is 294 g/mol. The van der Waals surface area contributed by atoms with Crippen LogP contribution in [0.15, 0.2) is 54.6 Å². The van der Waals surface area contributed by atoms with Gasteiger partial charge in [-0.1, -0.05) is 36.4 Å². The molecule has 1 atom stereocenters. The quantitative estimate of drug-likeness (QED) is 0.752. The van der Waals surface area contributed by atoms with Crippen LogP contribution in [0.25, 0.3) is 10.9 Å². The van der Waals surface area contributed by atoms with Gasteiger partial charge < -0.3 is 15.0 Å². The average Bonchev–Trinajstić information content (AvgIpc) is 2.79. The molecule has 2 aromatic carbocycles. The number of aliphatic hydroxyl groups excluding tert-OH is 1. The lowest BCUT2D eigenvalue weighted by Gasteiger charge is -2.16. The zero-order chi connectivity index (χ0) is 15.5. The fraction of sp³-hybridized carbons (Fsp3) is 0.263. The molecule has 0 fully saturated rings. The number of hydrogen-bond acceptors (Lipinski definition) is 2. The lowest BCUT2D eigenvalue weighted by atomic mass is 10.2. The number of anilines is 1. The first-order chi connectivity index (χ1) is 10.7. The van der Waals surface area contributed by atoms with Gasteiger partial charge in [-0.3, -0.25) is 0 Å². The number of aromatic nitrogens is 1. The van der Waals surface area contributed by atoms with Gasteiger partial charge in [0.15, 0.2) is 0 Å². The second-order valence-electron chi connectivity index (χ2n) is 5.74. The lowest BCUT2D eigenvalue weighted by molar-refractivity contribution is 0.167. The Morgan fingerprint density at radius 3 is 2.45 bits per heavy atom. The summed E-state index contributed by atoms with van der Waals surface area (Å²) in [6.07, 6.45) is -0.436. The molecule has 114 valence electrons. The van der Waals surface area contributed by atoms with E-state index in [1.165, 1.54) is 22.2 Å². The molecule has 1 heterocycles. The fourth-order valence-electron chi connectivity index (χ4n) is 2.91. The maximum absolute atomic E-state index is 10.4. The summed E-state index contributed by atoms with van der Waals surface area (Å²) in [5, 5.41) is 14.9. The van der Waals surface area contributed by atoms with Crippen molar-refractivity contribution in [2.75, 3.05) is 11.9 Å². The summed E-state index contributed by atoms with van der Waals surface area (Å²) in [7, 11) is 0. The number of nitrogens with one attached hydrogen (secondary N) is 1. The second-order valence-corrected chi connectivity index (χ2v) is 5.74. The van der Waals surface area contributed by atoms with Crippen LogP contribution in [0.4, 0.5) is 5.69 Å². The van der Waals surface area contributed by atoms with E-state index in [-0.39, 0.29) is 0 Å². The van der Waals surface area contributed by atoms with Crippen molar-refractivity contribution in [2.24, 2.45) is 0 Å². The smallest absolute Gasteiger partial charge is 0.0891 e. The topological polar surface area (TPSA) is 37.2 Å². The number of fused-ring (bicyclic) bond motifs is 1. The molecule has 0 saturated carbocycles. The van der Waals surface area contributed by atoms with E-state index in [1.807, 2.05) is 36.4 Å². The molecule has 0 saturated heterocycles. The van der Waals surface area contributed by atoms with Gasteiger partial charge in [0.25, 0.3) is 0 Å². The van der Waals surface area contributed by atoms with Gasteiger partial charge in [-0.25, -0.2) is 0 Å². The Balaban J connectivity index is 1.74. The molecule has 1 aromatic heterocycles. The minimum absolute atomic E-state index is 0.436. The maximum Gasteiger partial charge on any atom is 0.0891 e.